The van der Waals surface area contributed by atoms with Gasteiger partial charge < -0.3 is 14.6 Å². The van der Waals surface area contributed by atoms with E-state index in [0.29, 0.717) is 23.5 Å². The molecule has 0 unspecified atom stereocenters. The number of hydrogen-bond donors (Lipinski definition) is 1. The SMILES string of the molecule is CC(=O)c1cccc(OCCCC2(c3noc4cc(F)ccc34)CCNCC2)c1. The number of ketones is 1. The lowest BCUT2D eigenvalue weighted by Gasteiger charge is -2.36. The highest BCUT2D eigenvalue weighted by Crippen LogP contribution is 2.40. The van der Waals surface area contributed by atoms with Gasteiger partial charge in [-0.15, -0.1) is 0 Å². The lowest BCUT2D eigenvalue weighted by molar-refractivity contribution is 0.101. The van der Waals surface area contributed by atoms with Gasteiger partial charge in [-0.3, -0.25) is 4.79 Å². The first-order chi connectivity index (χ1) is 14.1. The summed E-state index contributed by atoms with van der Waals surface area (Å²) in [6.07, 6.45) is 3.65. The van der Waals surface area contributed by atoms with Gasteiger partial charge in [-0.2, -0.15) is 0 Å². The largest absolute Gasteiger partial charge is 0.494 e. The van der Waals surface area contributed by atoms with Gasteiger partial charge in [0.15, 0.2) is 11.4 Å². The average Bonchev–Trinajstić information content (AvgIpc) is 3.16. The summed E-state index contributed by atoms with van der Waals surface area (Å²) >= 11 is 0. The van der Waals surface area contributed by atoms with E-state index < -0.39 is 0 Å². The fourth-order valence-corrected chi connectivity index (χ4v) is 4.21. The zero-order valence-electron chi connectivity index (χ0n) is 16.5. The van der Waals surface area contributed by atoms with Gasteiger partial charge in [-0.1, -0.05) is 17.3 Å². The topological polar surface area (TPSA) is 64.4 Å². The van der Waals surface area contributed by atoms with Crippen molar-refractivity contribution in [3.8, 4) is 5.75 Å². The molecule has 0 atom stereocenters. The molecule has 4 rings (SSSR count). The molecule has 1 aromatic heterocycles. The molecule has 5 nitrogen and oxygen atoms in total. The van der Waals surface area contributed by atoms with Crippen molar-refractivity contribution in [1.82, 2.24) is 10.5 Å². The Kier molecular flexibility index (Phi) is 5.62. The molecule has 0 aliphatic carbocycles. The number of rotatable bonds is 7. The van der Waals surface area contributed by atoms with E-state index in [1.54, 1.807) is 25.1 Å². The smallest absolute Gasteiger partial charge is 0.170 e. The minimum absolute atomic E-state index is 0.0263. The third kappa shape index (κ3) is 4.17. The van der Waals surface area contributed by atoms with Gasteiger partial charge in [-0.05, 0) is 70.0 Å². The molecular weight excluding hydrogens is 371 g/mol. The molecule has 0 bridgehead atoms. The molecule has 152 valence electrons. The van der Waals surface area contributed by atoms with Gasteiger partial charge in [0.05, 0.1) is 12.3 Å². The molecule has 1 aliphatic heterocycles. The highest BCUT2D eigenvalue weighted by molar-refractivity contribution is 5.94. The van der Waals surface area contributed by atoms with E-state index in [1.807, 2.05) is 12.1 Å². The third-order valence-corrected chi connectivity index (χ3v) is 5.81. The highest BCUT2D eigenvalue weighted by Gasteiger charge is 2.37. The second-order valence-corrected chi connectivity index (χ2v) is 7.74. The maximum Gasteiger partial charge on any atom is 0.170 e. The van der Waals surface area contributed by atoms with Crippen LogP contribution in [-0.2, 0) is 5.41 Å². The van der Waals surface area contributed by atoms with Crippen LogP contribution in [0.15, 0.2) is 47.0 Å². The Labute approximate surface area is 169 Å². The molecule has 29 heavy (non-hydrogen) atoms. The number of hydrogen-bond acceptors (Lipinski definition) is 5. The quantitative estimate of drug-likeness (QED) is 0.465. The number of piperidine rings is 1. The van der Waals surface area contributed by atoms with E-state index in [4.69, 9.17) is 9.26 Å². The Balaban J connectivity index is 1.47. The summed E-state index contributed by atoms with van der Waals surface area (Å²) in [5.41, 5.74) is 1.96. The Hall–Kier alpha value is -2.73. The fraction of sp³-hybridized carbons (Fsp3) is 0.391. The molecule has 1 N–H and O–H groups in total. The predicted octanol–water partition coefficient (Wildman–Crippen LogP) is 4.65. The maximum absolute atomic E-state index is 13.5. The molecule has 3 aromatic rings. The zero-order chi connectivity index (χ0) is 20.3. The summed E-state index contributed by atoms with van der Waals surface area (Å²) in [6.45, 7) is 3.93. The van der Waals surface area contributed by atoms with Crippen molar-refractivity contribution in [2.24, 2.45) is 0 Å². The van der Waals surface area contributed by atoms with Crippen LogP contribution in [0.3, 0.4) is 0 Å². The van der Waals surface area contributed by atoms with Crippen molar-refractivity contribution in [3.05, 3.63) is 59.5 Å². The molecule has 0 spiro atoms. The van der Waals surface area contributed by atoms with E-state index in [1.165, 1.54) is 12.1 Å². The van der Waals surface area contributed by atoms with Crippen LogP contribution in [0.1, 0.15) is 48.7 Å². The monoisotopic (exact) mass is 396 g/mol. The normalized spacial score (nSPS) is 16.1. The number of halogens is 1. The number of benzene rings is 2. The van der Waals surface area contributed by atoms with E-state index in [-0.39, 0.29) is 17.0 Å². The minimum atomic E-state index is -0.319. The molecular formula is C23H25FN2O3. The number of carbonyl (C=O) groups is 1. The number of carbonyl (C=O) groups excluding carboxylic acids is 1. The number of fused-ring (bicyclic) bond motifs is 1. The Morgan fingerprint density at radius 3 is 2.86 bits per heavy atom. The first-order valence-corrected chi connectivity index (χ1v) is 10.1. The lowest BCUT2D eigenvalue weighted by Crippen LogP contribution is -2.40. The van der Waals surface area contributed by atoms with Crippen LogP contribution in [0.4, 0.5) is 4.39 Å². The Morgan fingerprint density at radius 2 is 2.07 bits per heavy atom. The first kappa shape index (κ1) is 19.6. The van der Waals surface area contributed by atoms with Gasteiger partial charge in [-0.25, -0.2) is 4.39 Å². The summed E-state index contributed by atoms with van der Waals surface area (Å²) in [7, 11) is 0. The van der Waals surface area contributed by atoms with Crippen LogP contribution < -0.4 is 10.1 Å². The van der Waals surface area contributed by atoms with Gasteiger partial charge in [0, 0.05) is 22.4 Å². The molecule has 6 heteroatoms. The predicted molar refractivity (Wildman–Crippen MR) is 109 cm³/mol. The van der Waals surface area contributed by atoms with Crippen molar-refractivity contribution < 1.29 is 18.4 Å². The zero-order valence-corrected chi connectivity index (χ0v) is 16.5. The number of nitrogens with one attached hydrogen (secondary N) is 1. The van der Waals surface area contributed by atoms with Crippen LogP contribution in [0.2, 0.25) is 0 Å². The minimum Gasteiger partial charge on any atom is -0.494 e. The summed E-state index contributed by atoms with van der Waals surface area (Å²) in [5.74, 6) is 0.415. The molecule has 2 heterocycles. The molecule has 1 aliphatic rings. The summed E-state index contributed by atoms with van der Waals surface area (Å²) in [4.78, 5) is 11.5. The van der Waals surface area contributed by atoms with Crippen LogP contribution in [-0.4, -0.2) is 30.6 Å². The summed E-state index contributed by atoms with van der Waals surface area (Å²) in [5, 5.41) is 8.65. The van der Waals surface area contributed by atoms with Gasteiger partial charge >= 0.3 is 0 Å². The van der Waals surface area contributed by atoms with E-state index in [0.717, 1.165) is 49.9 Å². The standard InChI is InChI=1S/C23H25FN2O3/c1-16(27)17-4-2-5-19(14-17)28-13-3-8-23(9-11-25-12-10-23)22-20-7-6-18(24)15-21(20)29-26-22/h2,4-7,14-15,25H,3,8-13H2,1H3. The van der Waals surface area contributed by atoms with Crippen molar-refractivity contribution in [2.45, 2.75) is 38.0 Å². The summed E-state index contributed by atoms with van der Waals surface area (Å²) in [6, 6.07) is 11.9. The van der Waals surface area contributed by atoms with Gasteiger partial charge in [0.1, 0.15) is 11.6 Å². The molecule has 1 fully saturated rings. The first-order valence-electron chi connectivity index (χ1n) is 10.1. The Morgan fingerprint density at radius 1 is 1.24 bits per heavy atom. The molecule has 0 radical (unpaired) electrons. The van der Waals surface area contributed by atoms with Crippen molar-refractivity contribution in [3.63, 3.8) is 0 Å². The maximum atomic E-state index is 13.5. The van der Waals surface area contributed by atoms with Crippen molar-refractivity contribution in [2.75, 3.05) is 19.7 Å². The van der Waals surface area contributed by atoms with Crippen molar-refractivity contribution >= 4 is 16.8 Å². The van der Waals surface area contributed by atoms with Crippen LogP contribution >= 0.6 is 0 Å². The van der Waals surface area contributed by atoms with Crippen LogP contribution in [0.5, 0.6) is 5.75 Å². The second kappa shape index (κ2) is 8.33. The fourth-order valence-electron chi connectivity index (χ4n) is 4.21. The van der Waals surface area contributed by atoms with Crippen LogP contribution in [0, 0.1) is 5.82 Å². The van der Waals surface area contributed by atoms with E-state index in [9.17, 15) is 9.18 Å². The number of aromatic nitrogens is 1. The van der Waals surface area contributed by atoms with Gasteiger partial charge in [0.25, 0.3) is 0 Å². The molecule has 0 amide bonds. The number of ether oxygens (including phenoxy) is 1. The molecule has 1 saturated heterocycles. The second-order valence-electron chi connectivity index (χ2n) is 7.74. The lowest BCUT2D eigenvalue weighted by atomic mass is 9.72. The highest BCUT2D eigenvalue weighted by atomic mass is 19.1. The molecule has 2 aromatic carbocycles. The number of nitrogens with zero attached hydrogens (tertiary/aromatic N) is 1. The summed E-state index contributed by atoms with van der Waals surface area (Å²) < 4.78 is 24.9. The number of Topliss-reactive ketones (excluding diaryl/α,β-unsaturated/α-hetero) is 1. The van der Waals surface area contributed by atoms with Gasteiger partial charge in [0.2, 0.25) is 0 Å². The van der Waals surface area contributed by atoms with E-state index in [2.05, 4.69) is 10.5 Å². The Bertz CT molecular complexity index is 1010. The average molecular weight is 396 g/mol. The van der Waals surface area contributed by atoms with E-state index >= 15 is 0 Å². The molecule has 0 saturated carbocycles. The van der Waals surface area contributed by atoms with Crippen LogP contribution in [0.25, 0.3) is 11.0 Å². The van der Waals surface area contributed by atoms with Crippen molar-refractivity contribution in [1.29, 1.82) is 0 Å². The third-order valence-electron chi connectivity index (χ3n) is 5.81.